The number of imide groups is 1. The average Bonchev–Trinajstić information content (AvgIpc) is 2.92. The Labute approximate surface area is 193 Å². The van der Waals surface area contributed by atoms with Crippen molar-refractivity contribution in [1.29, 1.82) is 0 Å². The highest BCUT2D eigenvalue weighted by Gasteiger charge is 2.49. The van der Waals surface area contributed by atoms with Crippen LogP contribution in [0.1, 0.15) is 45.2 Å². The minimum atomic E-state index is -1.31. The maximum absolute atomic E-state index is 13.2. The standard InChI is InChI=1S/C25H29N3O5/c1-24(2,3)16-6-9-18(10-7-16)26-21(29)15-28-22(30)25(4,27-23(28)31)17-8-11-19-20(14-17)33-13-5-12-32-19/h6-11,14H,5,12-13,15H2,1-4H3,(H,26,29)(H,27,31). The number of fused-ring (bicyclic) bond motifs is 1. The first-order valence-electron chi connectivity index (χ1n) is 11.0. The van der Waals surface area contributed by atoms with Crippen molar-refractivity contribution in [1.82, 2.24) is 10.2 Å². The van der Waals surface area contributed by atoms with Crippen LogP contribution in [-0.4, -0.2) is 42.5 Å². The molecule has 2 heterocycles. The number of ether oxygens (including phenoxy) is 2. The first-order chi connectivity index (χ1) is 15.6. The Morgan fingerprint density at radius 1 is 1.06 bits per heavy atom. The highest BCUT2D eigenvalue weighted by atomic mass is 16.5. The highest BCUT2D eigenvalue weighted by molar-refractivity contribution is 6.10. The first kappa shape index (κ1) is 22.6. The van der Waals surface area contributed by atoms with Crippen LogP contribution in [0.4, 0.5) is 10.5 Å². The zero-order chi connectivity index (χ0) is 23.8. The average molecular weight is 452 g/mol. The van der Waals surface area contributed by atoms with E-state index in [1.807, 2.05) is 24.3 Å². The van der Waals surface area contributed by atoms with Gasteiger partial charge in [-0.1, -0.05) is 39.0 Å². The van der Waals surface area contributed by atoms with Crippen molar-refractivity contribution < 1.29 is 23.9 Å². The number of urea groups is 1. The molecule has 2 aromatic carbocycles. The summed E-state index contributed by atoms with van der Waals surface area (Å²) in [5.74, 6) is 0.179. The van der Waals surface area contributed by atoms with E-state index in [2.05, 4.69) is 31.4 Å². The largest absolute Gasteiger partial charge is 0.490 e. The van der Waals surface area contributed by atoms with E-state index in [-0.39, 0.29) is 12.0 Å². The van der Waals surface area contributed by atoms with Crippen LogP contribution >= 0.6 is 0 Å². The number of rotatable bonds is 4. The summed E-state index contributed by atoms with van der Waals surface area (Å²) in [6, 6.07) is 12.1. The molecular formula is C25H29N3O5. The second kappa shape index (κ2) is 8.42. The van der Waals surface area contributed by atoms with Gasteiger partial charge in [-0.25, -0.2) is 4.79 Å². The Balaban J connectivity index is 1.47. The fourth-order valence-electron chi connectivity index (χ4n) is 3.91. The molecule has 2 aliphatic rings. The summed E-state index contributed by atoms with van der Waals surface area (Å²) in [5.41, 5.74) is 0.994. The molecule has 4 rings (SSSR count). The van der Waals surface area contributed by atoms with Crippen LogP contribution in [0.25, 0.3) is 0 Å². The zero-order valence-electron chi connectivity index (χ0n) is 19.4. The topological polar surface area (TPSA) is 97.0 Å². The van der Waals surface area contributed by atoms with Crippen molar-refractivity contribution in [3.63, 3.8) is 0 Å². The predicted octanol–water partition coefficient (Wildman–Crippen LogP) is 3.55. The SMILES string of the molecule is CC(C)(C)c1ccc(NC(=O)CN2C(=O)NC(C)(c3ccc4c(c3)OCCCO4)C2=O)cc1. The number of hydrogen-bond donors (Lipinski definition) is 2. The van der Waals surface area contributed by atoms with Crippen LogP contribution in [0, 0.1) is 0 Å². The Bertz CT molecular complexity index is 1090. The number of amides is 4. The van der Waals surface area contributed by atoms with Gasteiger partial charge in [0.1, 0.15) is 12.1 Å². The molecule has 0 bridgehead atoms. The lowest BCUT2D eigenvalue weighted by atomic mass is 9.87. The fourth-order valence-corrected chi connectivity index (χ4v) is 3.91. The van der Waals surface area contributed by atoms with E-state index in [9.17, 15) is 14.4 Å². The van der Waals surface area contributed by atoms with Gasteiger partial charge >= 0.3 is 6.03 Å². The fraction of sp³-hybridized carbons (Fsp3) is 0.400. The van der Waals surface area contributed by atoms with Gasteiger partial charge in [0.05, 0.1) is 13.2 Å². The van der Waals surface area contributed by atoms with Crippen molar-refractivity contribution >= 4 is 23.5 Å². The van der Waals surface area contributed by atoms with Gasteiger partial charge in [-0.05, 0) is 47.7 Å². The van der Waals surface area contributed by atoms with E-state index in [1.165, 1.54) is 0 Å². The van der Waals surface area contributed by atoms with Crippen LogP contribution in [0.2, 0.25) is 0 Å². The van der Waals surface area contributed by atoms with Crippen LogP contribution in [0.3, 0.4) is 0 Å². The third-order valence-electron chi connectivity index (χ3n) is 5.94. The van der Waals surface area contributed by atoms with Crippen LogP contribution in [0.15, 0.2) is 42.5 Å². The molecule has 33 heavy (non-hydrogen) atoms. The molecule has 2 aliphatic heterocycles. The number of carbonyl (C=O) groups is 3. The van der Waals surface area contributed by atoms with Gasteiger partial charge in [0.25, 0.3) is 5.91 Å². The molecule has 1 fully saturated rings. The summed E-state index contributed by atoms with van der Waals surface area (Å²) in [5, 5.41) is 5.48. The first-order valence-corrected chi connectivity index (χ1v) is 11.0. The number of carbonyl (C=O) groups excluding carboxylic acids is 3. The zero-order valence-corrected chi connectivity index (χ0v) is 19.4. The molecule has 2 aromatic rings. The van der Waals surface area contributed by atoms with Crippen molar-refractivity contribution in [2.24, 2.45) is 0 Å². The van der Waals surface area contributed by atoms with Crippen molar-refractivity contribution in [2.45, 2.75) is 45.1 Å². The van der Waals surface area contributed by atoms with Crippen LogP contribution in [-0.2, 0) is 20.5 Å². The normalized spacial score (nSPS) is 20.3. The van der Waals surface area contributed by atoms with E-state index >= 15 is 0 Å². The molecular weight excluding hydrogens is 422 g/mol. The Kier molecular flexibility index (Phi) is 5.78. The van der Waals surface area contributed by atoms with Crippen molar-refractivity contribution in [2.75, 3.05) is 25.1 Å². The molecule has 8 heteroatoms. The van der Waals surface area contributed by atoms with Gasteiger partial charge < -0.3 is 20.1 Å². The van der Waals surface area contributed by atoms with Gasteiger partial charge in [0, 0.05) is 12.1 Å². The Hall–Kier alpha value is -3.55. The molecule has 0 saturated carbocycles. The van der Waals surface area contributed by atoms with Gasteiger partial charge in [0.2, 0.25) is 5.91 Å². The maximum atomic E-state index is 13.2. The van der Waals surface area contributed by atoms with Crippen LogP contribution in [0.5, 0.6) is 11.5 Å². The third kappa shape index (κ3) is 4.51. The van der Waals surface area contributed by atoms with E-state index in [0.717, 1.165) is 16.9 Å². The van der Waals surface area contributed by atoms with Crippen molar-refractivity contribution in [3.8, 4) is 11.5 Å². The second-order valence-electron chi connectivity index (χ2n) is 9.53. The summed E-state index contributed by atoms with van der Waals surface area (Å²) in [6.45, 7) is 8.63. The molecule has 1 saturated heterocycles. The molecule has 174 valence electrons. The molecule has 4 amide bonds. The predicted molar refractivity (Wildman–Crippen MR) is 123 cm³/mol. The van der Waals surface area contributed by atoms with E-state index in [1.54, 1.807) is 25.1 Å². The van der Waals surface area contributed by atoms with Crippen molar-refractivity contribution in [3.05, 3.63) is 53.6 Å². The quantitative estimate of drug-likeness (QED) is 0.693. The number of hydrogen-bond acceptors (Lipinski definition) is 5. The summed E-state index contributed by atoms with van der Waals surface area (Å²) in [7, 11) is 0. The highest BCUT2D eigenvalue weighted by Crippen LogP contribution is 2.36. The van der Waals surface area contributed by atoms with Gasteiger partial charge in [0.15, 0.2) is 11.5 Å². The minimum Gasteiger partial charge on any atom is -0.490 e. The summed E-state index contributed by atoms with van der Waals surface area (Å²) in [6.07, 6.45) is 0.763. The maximum Gasteiger partial charge on any atom is 0.325 e. The summed E-state index contributed by atoms with van der Waals surface area (Å²) >= 11 is 0. The lowest BCUT2D eigenvalue weighted by molar-refractivity contribution is -0.133. The molecule has 0 spiro atoms. The van der Waals surface area contributed by atoms with E-state index < -0.39 is 23.4 Å². The second-order valence-corrected chi connectivity index (χ2v) is 9.53. The molecule has 0 aliphatic carbocycles. The van der Waals surface area contributed by atoms with E-state index in [0.29, 0.717) is 36.0 Å². The molecule has 0 radical (unpaired) electrons. The monoisotopic (exact) mass is 451 g/mol. The number of nitrogens with one attached hydrogen (secondary N) is 2. The Morgan fingerprint density at radius 3 is 2.39 bits per heavy atom. The third-order valence-corrected chi connectivity index (χ3v) is 5.94. The smallest absolute Gasteiger partial charge is 0.325 e. The molecule has 1 atom stereocenters. The van der Waals surface area contributed by atoms with Crippen LogP contribution < -0.4 is 20.1 Å². The molecule has 2 N–H and O–H groups in total. The van der Waals surface area contributed by atoms with Gasteiger partial charge in [-0.3, -0.25) is 14.5 Å². The van der Waals surface area contributed by atoms with Gasteiger partial charge in [-0.2, -0.15) is 0 Å². The van der Waals surface area contributed by atoms with E-state index in [4.69, 9.17) is 9.47 Å². The Morgan fingerprint density at radius 2 is 1.73 bits per heavy atom. The molecule has 1 unspecified atom stereocenters. The summed E-state index contributed by atoms with van der Waals surface area (Å²) in [4.78, 5) is 39.4. The number of nitrogens with zero attached hydrogens (tertiary/aromatic N) is 1. The lowest BCUT2D eigenvalue weighted by Crippen LogP contribution is -2.42. The number of benzene rings is 2. The molecule has 0 aromatic heterocycles. The molecule has 8 nitrogen and oxygen atoms in total. The lowest BCUT2D eigenvalue weighted by Gasteiger charge is -2.23. The minimum absolute atomic E-state index is 0.0000323. The van der Waals surface area contributed by atoms with Gasteiger partial charge in [-0.15, -0.1) is 0 Å². The summed E-state index contributed by atoms with van der Waals surface area (Å²) < 4.78 is 11.4. The number of anilines is 1.